The summed E-state index contributed by atoms with van der Waals surface area (Å²) in [4.78, 5) is 0. The predicted molar refractivity (Wildman–Crippen MR) is 56.4 cm³/mol. The van der Waals surface area contributed by atoms with Gasteiger partial charge < -0.3 is 10.3 Å². The number of aromatic nitrogens is 1. The van der Waals surface area contributed by atoms with Crippen molar-refractivity contribution in [3.05, 3.63) is 10.2 Å². The molecule has 0 amide bonds. The minimum atomic E-state index is 0.307. The first-order valence-corrected chi connectivity index (χ1v) is 5.09. The highest BCUT2D eigenvalue weighted by Gasteiger charge is 2.15. The third-order valence-electron chi connectivity index (χ3n) is 1.83. The molecule has 0 aliphatic heterocycles. The molecule has 74 valence electrons. The SMILES string of the molecule is CC(C)(C)CCc1onc(N)c1Br. The fourth-order valence-electron chi connectivity index (χ4n) is 0.971. The van der Waals surface area contributed by atoms with Crippen molar-refractivity contribution in [3.8, 4) is 0 Å². The molecular weight excluding hydrogens is 232 g/mol. The van der Waals surface area contributed by atoms with Crippen molar-refractivity contribution in [2.75, 3.05) is 5.73 Å². The van der Waals surface area contributed by atoms with E-state index >= 15 is 0 Å². The van der Waals surface area contributed by atoms with Crippen molar-refractivity contribution in [2.24, 2.45) is 5.41 Å². The Morgan fingerprint density at radius 3 is 2.46 bits per heavy atom. The van der Waals surface area contributed by atoms with Gasteiger partial charge in [0, 0.05) is 6.42 Å². The van der Waals surface area contributed by atoms with Gasteiger partial charge in [-0.15, -0.1) is 0 Å². The molecule has 1 rings (SSSR count). The van der Waals surface area contributed by atoms with E-state index < -0.39 is 0 Å². The topological polar surface area (TPSA) is 52.0 Å². The smallest absolute Gasteiger partial charge is 0.181 e. The van der Waals surface area contributed by atoms with Crippen LogP contribution in [0.4, 0.5) is 5.82 Å². The van der Waals surface area contributed by atoms with Crippen LogP contribution >= 0.6 is 15.9 Å². The second-order valence-electron chi connectivity index (χ2n) is 4.37. The molecule has 1 aromatic heterocycles. The van der Waals surface area contributed by atoms with E-state index in [9.17, 15) is 0 Å². The second-order valence-corrected chi connectivity index (χ2v) is 5.16. The summed E-state index contributed by atoms with van der Waals surface area (Å²) in [5.74, 6) is 1.27. The number of hydrogen-bond donors (Lipinski definition) is 1. The maximum atomic E-state index is 5.53. The highest BCUT2D eigenvalue weighted by atomic mass is 79.9. The summed E-state index contributed by atoms with van der Waals surface area (Å²) in [5.41, 5.74) is 5.83. The van der Waals surface area contributed by atoms with Crippen molar-refractivity contribution in [3.63, 3.8) is 0 Å². The molecule has 0 aromatic carbocycles. The van der Waals surface area contributed by atoms with Gasteiger partial charge in [-0.3, -0.25) is 0 Å². The number of halogens is 1. The first-order chi connectivity index (χ1) is 5.90. The van der Waals surface area contributed by atoms with Crippen LogP contribution in [0.2, 0.25) is 0 Å². The first kappa shape index (κ1) is 10.6. The Balaban J connectivity index is 2.60. The fourth-order valence-corrected chi connectivity index (χ4v) is 1.31. The van der Waals surface area contributed by atoms with Gasteiger partial charge in [-0.25, -0.2) is 0 Å². The van der Waals surface area contributed by atoms with Crippen LogP contribution in [0, 0.1) is 5.41 Å². The normalized spacial score (nSPS) is 12.0. The Morgan fingerprint density at radius 1 is 1.46 bits per heavy atom. The van der Waals surface area contributed by atoms with E-state index in [4.69, 9.17) is 10.3 Å². The average molecular weight is 247 g/mol. The number of anilines is 1. The van der Waals surface area contributed by atoms with E-state index in [1.54, 1.807) is 0 Å². The van der Waals surface area contributed by atoms with Crippen LogP contribution in [0.5, 0.6) is 0 Å². The summed E-state index contributed by atoms with van der Waals surface area (Å²) in [6.45, 7) is 6.59. The second kappa shape index (κ2) is 3.70. The molecule has 0 unspecified atom stereocenters. The summed E-state index contributed by atoms with van der Waals surface area (Å²) >= 11 is 3.34. The van der Waals surface area contributed by atoms with E-state index in [-0.39, 0.29) is 0 Å². The monoisotopic (exact) mass is 246 g/mol. The van der Waals surface area contributed by atoms with Crippen molar-refractivity contribution < 1.29 is 4.52 Å². The van der Waals surface area contributed by atoms with Gasteiger partial charge in [0.05, 0.1) is 0 Å². The lowest BCUT2D eigenvalue weighted by Crippen LogP contribution is -2.06. The van der Waals surface area contributed by atoms with E-state index in [0.717, 1.165) is 23.1 Å². The first-order valence-electron chi connectivity index (χ1n) is 4.30. The summed E-state index contributed by atoms with van der Waals surface area (Å²) in [6.07, 6.45) is 1.93. The van der Waals surface area contributed by atoms with Crippen LogP contribution in [0.3, 0.4) is 0 Å². The van der Waals surface area contributed by atoms with Crippen LogP contribution in [0.1, 0.15) is 33.0 Å². The maximum Gasteiger partial charge on any atom is 0.181 e. The lowest BCUT2D eigenvalue weighted by atomic mass is 9.90. The van der Waals surface area contributed by atoms with Crippen molar-refractivity contribution in [2.45, 2.75) is 33.6 Å². The molecule has 1 heterocycles. The highest BCUT2D eigenvalue weighted by molar-refractivity contribution is 9.10. The Labute approximate surface area is 86.8 Å². The lowest BCUT2D eigenvalue weighted by molar-refractivity contribution is 0.332. The number of rotatable bonds is 2. The molecule has 0 fully saturated rings. The third-order valence-corrected chi connectivity index (χ3v) is 2.67. The molecule has 0 atom stereocenters. The quantitative estimate of drug-likeness (QED) is 0.873. The predicted octanol–water partition coefficient (Wildman–Crippen LogP) is 3.00. The van der Waals surface area contributed by atoms with Crippen LogP contribution in [0.15, 0.2) is 9.00 Å². The minimum absolute atomic E-state index is 0.307. The molecule has 0 saturated carbocycles. The van der Waals surface area contributed by atoms with Crippen LogP contribution in [0.25, 0.3) is 0 Å². The molecule has 0 radical (unpaired) electrons. The van der Waals surface area contributed by atoms with Gasteiger partial charge in [0.25, 0.3) is 0 Å². The number of nitrogen functional groups attached to an aromatic ring is 1. The van der Waals surface area contributed by atoms with Crippen molar-refractivity contribution in [1.29, 1.82) is 0 Å². The molecule has 0 aliphatic carbocycles. The molecule has 4 heteroatoms. The molecule has 0 aliphatic rings. The minimum Gasteiger partial charge on any atom is -0.380 e. The number of nitrogens with two attached hydrogens (primary N) is 1. The van der Waals surface area contributed by atoms with Crippen molar-refractivity contribution >= 4 is 21.7 Å². The van der Waals surface area contributed by atoms with Crippen LogP contribution in [-0.2, 0) is 6.42 Å². The largest absolute Gasteiger partial charge is 0.380 e. The zero-order valence-corrected chi connectivity index (χ0v) is 9.81. The van der Waals surface area contributed by atoms with E-state index in [1.165, 1.54) is 0 Å². The van der Waals surface area contributed by atoms with Gasteiger partial charge in [0.15, 0.2) is 11.6 Å². The van der Waals surface area contributed by atoms with Gasteiger partial charge >= 0.3 is 0 Å². The lowest BCUT2D eigenvalue weighted by Gasteiger charge is -2.16. The summed E-state index contributed by atoms with van der Waals surface area (Å²) in [5, 5.41) is 3.67. The zero-order chi connectivity index (χ0) is 10.1. The average Bonchev–Trinajstić information content (AvgIpc) is 2.29. The van der Waals surface area contributed by atoms with Gasteiger partial charge in [0.2, 0.25) is 0 Å². The molecule has 13 heavy (non-hydrogen) atoms. The maximum absolute atomic E-state index is 5.53. The number of nitrogens with zero attached hydrogens (tertiary/aromatic N) is 1. The fraction of sp³-hybridized carbons (Fsp3) is 0.667. The number of aryl methyl sites for hydroxylation is 1. The molecule has 0 bridgehead atoms. The number of hydrogen-bond acceptors (Lipinski definition) is 3. The standard InChI is InChI=1S/C9H15BrN2O/c1-9(2,3)5-4-6-7(10)8(11)12-13-6/h4-5H2,1-3H3,(H2,11,12). The van der Waals surface area contributed by atoms with Crippen LogP contribution < -0.4 is 5.73 Å². The van der Waals surface area contributed by atoms with E-state index in [0.29, 0.717) is 11.2 Å². The zero-order valence-electron chi connectivity index (χ0n) is 8.22. The molecular formula is C9H15BrN2O. The summed E-state index contributed by atoms with van der Waals surface area (Å²) < 4.78 is 5.87. The van der Waals surface area contributed by atoms with Gasteiger partial charge in [0.1, 0.15) is 4.47 Å². The Hall–Kier alpha value is -0.510. The van der Waals surface area contributed by atoms with Gasteiger partial charge in [-0.2, -0.15) is 0 Å². The molecule has 2 N–H and O–H groups in total. The van der Waals surface area contributed by atoms with E-state index in [1.807, 2.05) is 0 Å². The molecule has 0 spiro atoms. The van der Waals surface area contributed by atoms with Crippen molar-refractivity contribution in [1.82, 2.24) is 5.16 Å². The third kappa shape index (κ3) is 3.03. The van der Waals surface area contributed by atoms with E-state index in [2.05, 4.69) is 41.9 Å². The van der Waals surface area contributed by atoms with Crippen LogP contribution in [-0.4, -0.2) is 5.16 Å². The van der Waals surface area contributed by atoms with Gasteiger partial charge in [-0.1, -0.05) is 25.9 Å². The molecule has 1 aromatic rings. The highest BCUT2D eigenvalue weighted by Crippen LogP contribution is 2.28. The Bertz CT molecular complexity index is 288. The van der Waals surface area contributed by atoms with Gasteiger partial charge in [-0.05, 0) is 27.8 Å². The summed E-state index contributed by atoms with van der Waals surface area (Å²) in [7, 11) is 0. The summed E-state index contributed by atoms with van der Waals surface area (Å²) in [6, 6.07) is 0. The molecule has 0 saturated heterocycles. The Kier molecular flexibility index (Phi) is 3.01. The Morgan fingerprint density at radius 2 is 2.08 bits per heavy atom. The molecule has 3 nitrogen and oxygen atoms in total.